The van der Waals surface area contributed by atoms with Gasteiger partial charge in [-0.3, -0.25) is 0 Å². The van der Waals surface area contributed by atoms with Crippen molar-refractivity contribution in [3.8, 4) is 0 Å². The smallest absolute Gasteiger partial charge is 0.0961 e. The number of hydrogen-bond donors (Lipinski definition) is 1. The second-order valence-electron chi connectivity index (χ2n) is 3.83. The molecule has 0 aromatic carbocycles. The van der Waals surface area contributed by atoms with E-state index in [1.54, 1.807) is 0 Å². The van der Waals surface area contributed by atoms with Gasteiger partial charge in [-0.05, 0) is 13.3 Å². The zero-order chi connectivity index (χ0) is 10.4. The Hall–Kier alpha value is -0.380. The van der Waals surface area contributed by atoms with Crippen LogP contribution in [0.25, 0.3) is 0 Å². The van der Waals surface area contributed by atoms with Crippen molar-refractivity contribution >= 4 is 0 Å². The molecule has 1 aliphatic heterocycles. The number of rotatable bonds is 5. The Morgan fingerprint density at radius 2 is 2.50 bits per heavy atom. The highest BCUT2D eigenvalue weighted by atomic mass is 16.5. The third-order valence-electron chi connectivity index (χ3n) is 2.32. The number of morpholine rings is 1. The van der Waals surface area contributed by atoms with Crippen LogP contribution in [0.2, 0.25) is 0 Å². The molecule has 82 valence electrons. The molecule has 0 aromatic rings. The first-order valence-electron chi connectivity index (χ1n) is 5.32. The lowest BCUT2D eigenvalue weighted by atomic mass is 10.1. The molecule has 1 N–H and O–H groups in total. The van der Waals surface area contributed by atoms with Crippen LogP contribution in [-0.4, -0.2) is 38.5 Å². The minimum absolute atomic E-state index is 0.194. The van der Waals surface area contributed by atoms with Gasteiger partial charge in [0.25, 0.3) is 0 Å². The Morgan fingerprint density at radius 3 is 3.00 bits per heavy atom. The predicted octanol–water partition coefficient (Wildman–Crippen LogP) is 1.35. The first-order chi connectivity index (χ1) is 6.74. The standard InChI is InChI=1S/C11H21NO2/c1-4-10(14-8-9(2)3)11-7-12-5-6-13-11/h10-12H,2,4-8H2,1,3H3. The van der Waals surface area contributed by atoms with Crippen LogP contribution in [0.4, 0.5) is 0 Å². The number of hydrogen-bond acceptors (Lipinski definition) is 3. The fourth-order valence-electron chi connectivity index (χ4n) is 1.56. The van der Waals surface area contributed by atoms with Gasteiger partial charge in [0.15, 0.2) is 0 Å². The third-order valence-corrected chi connectivity index (χ3v) is 2.32. The molecule has 0 saturated carbocycles. The highest BCUT2D eigenvalue weighted by Crippen LogP contribution is 2.11. The van der Waals surface area contributed by atoms with Gasteiger partial charge < -0.3 is 14.8 Å². The lowest BCUT2D eigenvalue weighted by Gasteiger charge is -2.30. The molecule has 0 aromatic heterocycles. The number of nitrogens with one attached hydrogen (secondary N) is 1. The van der Waals surface area contributed by atoms with E-state index in [-0.39, 0.29) is 12.2 Å². The average Bonchev–Trinajstić information content (AvgIpc) is 2.20. The Bertz CT molecular complexity index is 176. The van der Waals surface area contributed by atoms with Gasteiger partial charge in [-0.15, -0.1) is 0 Å². The van der Waals surface area contributed by atoms with E-state index in [0.717, 1.165) is 31.7 Å². The summed E-state index contributed by atoms with van der Waals surface area (Å²) >= 11 is 0. The van der Waals surface area contributed by atoms with Gasteiger partial charge in [0.2, 0.25) is 0 Å². The molecule has 1 fully saturated rings. The van der Waals surface area contributed by atoms with E-state index in [0.29, 0.717) is 6.61 Å². The lowest BCUT2D eigenvalue weighted by molar-refractivity contribution is -0.0798. The summed E-state index contributed by atoms with van der Waals surface area (Å²) in [6, 6.07) is 0. The molecule has 1 saturated heterocycles. The Labute approximate surface area is 86.5 Å². The number of ether oxygens (including phenoxy) is 2. The maximum atomic E-state index is 5.73. The molecule has 0 spiro atoms. The summed E-state index contributed by atoms with van der Waals surface area (Å²) in [7, 11) is 0. The Morgan fingerprint density at radius 1 is 1.71 bits per heavy atom. The van der Waals surface area contributed by atoms with Crippen molar-refractivity contribution in [2.75, 3.05) is 26.3 Å². The van der Waals surface area contributed by atoms with Crippen LogP contribution in [0, 0.1) is 0 Å². The van der Waals surface area contributed by atoms with Crippen LogP contribution >= 0.6 is 0 Å². The molecule has 0 bridgehead atoms. The Balaban J connectivity index is 2.31. The molecule has 1 aliphatic rings. The van der Waals surface area contributed by atoms with Crippen molar-refractivity contribution in [1.29, 1.82) is 0 Å². The van der Waals surface area contributed by atoms with Crippen molar-refractivity contribution in [3.05, 3.63) is 12.2 Å². The van der Waals surface area contributed by atoms with E-state index in [1.807, 2.05) is 6.92 Å². The zero-order valence-corrected chi connectivity index (χ0v) is 9.21. The second kappa shape index (κ2) is 6.17. The topological polar surface area (TPSA) is 30.5 Å². The summed E-state index contributed by atoms with van der Waals surface area (Å²) in [5, 5.41) is 3.31. The molecule has 3 nitrogen and oxygen atoms in total. The molecule has 1 rings (SSSR count). The van der Waals surface area contributed by atoms with E-state index < -0.39 is 0 Å². The van der Waals surface area contributed by atoms with E-state index >= 15 is 0 Å². The summed E-state index contributed by atoms with van der Waals surface area (Å²) in [5.74, 6) is 0. The minimum atomic E-state index is 0.194. The SMILES string of the molecule is C=C(C)COC(CC)C1CNCCO1. The van der Waals surface area contributed by atoms with Crippen LogP contribution in [0.5, 0.6) is 0 Å². The fourth-order valence-corrected chi connectivity index (χ4v) is 1.56. The molecule has 2 unspecified atom stereocenters. The zero-order valence-electron chi connectivity index (χ0n) is 9.21. The quantitative estimate of drug-likeness (QED) is 0.678. The molecule has 0 radical (unpaired) electrons. The normalized spacial score (nSPS) is 24.6. The molecule has 0 amide bonds. The van der Waals surface area contributed by atoms with Crippen molar-refractivity contribution < 1.29 is 9.47 Å². The minimum Gasteiger partial charge on any atom is -0.373 e. The summed E-state index contributed by atoms with van der Waals surface area (Å²) in [6.45, 7) is 11.2. The maximum absolute atomic E-state index is 5.73. The summed E-state index contributed by atoms with van der Waals surface area (Å²) in [6.07, 6.45) is 1.38. The van der Waals surface area contributed by atoms with E-state index in [2.05, 4.69) is 18.8 Å². The van der Waals surface area contributed by atoms with Gasteiger partial charge in [-0.25, -0.2) is 0 Å². The van der Waals surface area contributed by atoms with Gasteiger partial charge in [-0.2, -0.15) is 0 Å². The average molecular weight is 199 g/mol. The predicted molar refractivity (Wildman–Crippen MR) is 57.5 cm³/mol. The van der Waals surface area contributed by atoms with E-state index in [1.165, 1.54) is 0 Å². The van der Waals surface area contributed by atoms with Crippen LogP contribution in [0.1, 0.15) is 20.3 Å². The van der Waals surface area contributed by atoms with Crippen molar-refractivity contribution in [2.45, 2.75) is 32.5 Å². The first-order valence-corrected chi connectivity index (χ1v) is 5.32. The van der Waals surface area contributed by atoms with Crippen molar-refractivity contribution in [2.24, 2.45) is 0 Å². The van der Waals surface area contributed by atoms with Gasteiger partial charge in [-0.1, -0.05) is 19.1 Å². The highest BCUT2D eigenvalue weighted by molar-refractivity contribution is 4.88. The third kappa shape index (κ3) is 3.78. The molecule has 1 heterocycles. The molecule has 0 aliphatic carbocycles. The molecular formula is C11H21NO2. The van der Waals surface area contributed by atoms with Gasteiger partial charge >= 0.3 is 0 Å². The maximum Gasteiger partial charge on any atom is 0.0961 e. The van der Waals surface area contributed by atoms with Crippen molar-refractivity contribution in [1.82, 2.24) is 5.32 Å². The van der Waals surface area contributed by atoms with Crippen LogP contribution in [0.15, 0.2) is 12.2 Å². The molecular weight excluding hydrogens is 178 g/mol. The molecule has 2 atom stereocenters. The van der Waals surface area contributed by atoms with Gasteiger partial charge in [0.1, 0.15) is 0 Å². The highest BCUT2D eigenvalue weighted by Gasteiger charge is 2.23. The molecule has 3 heteroatoms. The monoisotopic (exact) mass is 199 g/mol. The summed E-state index contributed by atoms with van der Waals surface area (Å²) in [5.41, 5.74) is 1.06. The summed E-state index contributed by atoms with van der Waals surface area (Å²) < 4.78 is 11.4. The van der Waals surface area contributed by atoms with Gasteiger partial charge in [0.05, 0.1) is 25.4 Å². The van der Waals surface area contributed by atoms with Crippen molar-refractivity contribution in [3.63, 3.8) is 0 Å². The van der Waals surface area contributed by atoms with E-state index in [4.69, 9.17) is 9.47 Å². The largest absolute Gasteiger partial charge is 0.373 e. The lowest BCUT2D eigenvalue weighted by Crippen LogP contribution is -2.46. The van der Waals surface area contributed by atoms with E-state index in [9.17, 15) is 0 Å². The Kier molecular flexibility index (Phi) is 5.15. The van der Waals surface area contributed by atoms with Crippen LogP contribution in [0.3, 0.4) is 0 Å². The summed E-state index contributed by atoms with van der Waals surface area (Å²) in [4.78, 5) is 0. The van der Waals surface area contributed by atoms with Gasteiger partial charge in [0, 0.05) is 13.1 Å². The fraction of sp³-hybridized carbons (Fsp3) is 0.818. The van der Waals surface area contributed by atoms with Crippen LogP contribution in [-0.2, 0) is 9.47 Å². The van der Waals surface area contributed by atoms with Crippen LogP contribution < -0.4 is 5.32 Å². The molecule has 14 heavy (non-hydrogen) atoms. The first kappa shape index (κ1) is 11.7. The second-order valence-corrected chi connectivity index (χ2v) is 3.83.